The van der Waals surface area contributed by atoms with E-state index in [4.69, 9.17) is 5.73 Å². The molecule has 3 rings (SSSR count). The van der Waals surface area contributed by atoms with E-state index in [0.29, 0.717) is 5.92 Å². The van der Waals surface area contributed by atoms with Crippen LogP contribution in [0, 0.1) is 11.8 Å². The Balaban J connectivity index is 1.52. The number of thiol groups is 1. The van der Waals surface area contributed by atoms with Crippen molar-refractivity contribution in [2.24, 2.45) is 17.6 Å². The lowest BCUT2D eigenvalue weighted by Crippen LogP contribution is -2.47. The van der Waals surface area contributed by atoms with Crippen molar-refractivity contribution < 1.29 is 19.1 Å². The zero-order chi connectivity index (χ0) is 28.5. The van der Waals surface area contributed by atoms with Gasteiger partial charge in [0, 0.05) is 24.4 Å². The third-order valence-corrected chi connectivity index (χ3v) is 8.29. The summed E-state index contributed by atoms with van der Waals surface area (Å²) < 4.78 is 4.60. The number of likely N-dealkylation sites (tertiary alicyclic amines) is 1. The fourth-order valence-corrected chi connectivity index (χ4v) is 5.64. The Morgan fingerprint density at radius 2 is 1.82 bits per heavy atom. The van der Waals surface area contributed by atoms with Crippen LogP contribution in [0.4, 0.5) is 0 Å². The number of rotatable bonds is 12. The maximum Gasteiger partial charge on any atom is 0.306 e. The number of methoxy groups -OCH3 is 1. The minimum atomic E-state index is -0.388. The highest BCUT2D eigenvalue weighted by Gasteiger charge is 2.32. The molecule has 8 nitrogen and oxygen atoms in total. The Labute approximate surface area is 237 Å². The summed E-state index contributed by atoms with van der Waals surface area (Å²) in [7, 11) is 1.31. The molecular formula is C30H44N4O4S. The summed E-state index contributed by atoms with van der Waals surface area (Å²) in [5, 5.41) is 7.64. The Morgan fingerprint density at radius 1 is 1.10 bits per heavy atom. The number of carbonyl (C=O) groups excluding carboxylic acids is 3. The summed E-state index contributed by atoms with van der Waals surface area (Å²) in [6.45, 7) is 8.80. The number of carbonyl (C=O) groups is 3. The molecule has 1 aliphatic heterocycles. The number of hydrogen-bond acceptors (Lipinski definition) is 7. The Kier molecular flexibility index (Phi) is 11.6. The highest BCUT2D eigenvalue weighted by atomic mass is 32.1. The minimum Gasteiger partial charge on any atom is -0.469 e. The number of nitrogens with zero attached hydrogens (tertiary/aromatic N) is 1. The molecule has 1 aliphatic rings. The van der Waals surface area contributed by atoms with Crippen molar-refractivity contribution >= 4 is 41.2 Å². The molecule has 0 bridgehead atoms. The zero-order valence-electron chi connectivity index (χ0n) is 23.6. The van der Waals surface area contributed by atoms with Crippen molar-refractivity contribution in [3.8, 4) is 0 Å². The summed E-state index contributed by atoms with van der Waals surface area (Å²) in [5.41, 5.74) is 8.71. The number of ether oxygens (including phenoxy) is 1. The SMILES string of the molecule is COC(=O)C[C@@H](S)CNC(=O)CNC(=O)[C@H](CN)C1CCN([C@H](C)c2cccc3ccc(C(C)C)cc23)CC1. The smallest absolute Gasteiger partial charge is 0.306 e. The number of hydrogen-bond donors (Lipinski definition) is 4. The maximum absolute atomic E-state index is 12.9. The van der Waals surface area contributed by atoms with Crippen LogP contribution in [0.5, 0.6) is 0 Å². The first kappa shape index (κ1) is 30.9. The molecule has 0 aliphatic carbocycles. The molecule has 0 saturated carbocycles. The molecule has 0 radical (unpaired) electrons. The predicted octanol–water partition coefficient (Wildman–Crippen LogP) is 3.41. The van der Waals surface area contributed by atoms with E-state index < -0.39 is 0 Å². The molecule has 3 atom stereocenters. The molecule has 2 aromatic rings. The van der Waals surface area contributed by atoms with E-state index in [-0.39, 0.29) is 67.0 Å². The minimum absolute atomic E-state index is 0.0955. The highest BCUT2D eigenvalue weighted by Crippen LogP contribution is 2.34. The molecule has 0 unspecified atom stereocenters. The number of nitrogens with one attached hydrogen (secondary N) is 2. The van der Waals surface area contributed by atoms with Crippen LogP contribution in [-0.4, -0.2) is 67.8 Å². The molecular weight excluding hydrogens is 512 g/mol. The molecule has 0 aromatic heterocycles. The average molecular weight is 557 g/mol. The number of piperidine rings is 1. The summed E-state index contributed by atoms with van der Waals surface area (Å²) >= 11 is 4.28. The Bertz CT molecular complexity index is 1130. The second kappa shape index (κ2) is 14.7. The molecule has 39 heavy (non-hydrogen) atoms. The summed E-state index contributed by atoms with van der Waals surface area (Å²) in [6.07, 6.45) is 1.85. The maximum atomic E-state index is 12.9. The Morgan fingerprint density at radius 3 is 2.46 bits per heavy atom. The van der Waals surface area contributed by atoms with Gasteiger partial charge in [-0.25, -0.2) is 0 Å². The molecule has 4 N–H and O–H groups in total. The lowest BCUT2D eigenvalue weighted by Gasteiger charge is -2.38. The predicted molar refractivity (Wildman–Crippen MR) is 159 cm³/mol. The number of esters is 1. The van der Waals surface area contributed by atoms with Gasteiger partial charge in [0.15, 0.2) is 0 Å². The molecule has 214 valence electrons. The molecule has 1 fully saturated rings. The monoisotopic (exact) mass is 556 g/mol. The fourth-order valence-electron chi connectivity index (χ4n) is 5.40. The van der Waals surface area contributed by atoms with Crippen LogP contribution in [0.15, 0.2) is 36.4 Å². The highest BCUT2D eigenvalue weighted by molar-refractivity contribution is 7.81. The third-order valence-electron chi connectivity index (χ3n) is 7.93. The molecule has 9 heteroatoms. The number of fused-ring (bicyclic) bond motifs is 1. The molecule has 1 heterocycles. The summed E-state index contributed by atoms with van der Waals surface area (Å²) in [4.78, 5) is 38.9. The fraction of sp³-hybridized carbons (Fsp3) is 0.567. The standard InChI is InChI=1S/C30H44N4O4S/c1-19(2)23-9-8-21-6-5-7-25(26(21)14-23)20(3)34-12-10-22(11-13-34)27(16-31)30(37)33-18-28(35)32-17-24(39)15-29(36)38-4/h5-9,14,19-20,22,24,27,39H,10-13,15-18,31H2,1-4H3,(H,32,35)(H,33,37)/t20-,24-,27-/m1/s1. The average Bonchev–Trinajstić information content (AvgIpc) is 2.94. The van der Waals surface area contributed by atoms with Gasteiger partial charge in [0.1, 0.15) is 0 Å². The quantitative estimate of drug-likeness (QED) is 0.235. The van der Waals surface area contributed by atoms with Crippen LogP contribution in [0.2, 0.25) is 0 Å². The van der Waals surface area contributed by atoms with Crippen LogP contribution in [-0.2, 0) is 19.1 Å². The van der Waals surface area contributed by atoms with Crippen LogP contribution in [0.1, 0.15) is 63.1 Å². The zero-order valence-corrected chi connectivity index (χ0v) is 24.5. The van der Waals surface area contributed by atoms with Gasteiger partial charge in [-0.2, -0.15) is 12.6 Å². The van der Waals surface area contributed by atoms with Crippen LogP contribution < -0.4 is 16.4 Å². The van der Waals surface area contributed by atoms with Crippen LogP contribution >= 0.6 is 12.6 Å². The van der Waals surface area contributed by atoms with E-state index in [2.05, 4.69) is 90.1 Å². The number of nitrogens with two attached hydrogens (primary N) is 1. The summed E-state index contributed by atoms with van der Waals surface area (Å²) in [6, 6.07) is 13.6. The largest absolute Gasteiger partial charge is 0.469 e. The van der Waals surface area contributed by atoms with Crippen molar-refractivity contribution in [2.75, 3.05) is 39.8 Å². The van der Waals surface area contributed by atoms with Gasteiger partial charge in [0.25, 0.3) is 0 Å². The van der Waals surface area contributed by atoms with Crippen LogP contribution in [0.3, 0.4) is 0 Å². The first-order valence-corrected chi connectivity index (χ1v) is 14.4. The van der Waals surface area contributed by atoms with E-state index >= 15 is 0 Å². The van der Waals surface area contributed by atoms with Crippen molar-refractivity contribution in [1.29, 1.82) is 0 Å². The topological polar surface area (TPSA) is 114 Å². The van der Waals surface area contributed by atoms with Gasteiger partial charge >= 0.3 is 5.97 Å². The van der Waals surface area contributed by atoms with Gasteiger partial charge in [0.05, 0.1) is 26.0 Å². The number of amides is 2. The van der Waals surface area contributed by atoms with Gasteiger partial charge in [-0.15, -0.1) is 0 Å². The third kappa shape index (κ3) is 8.43. The van der Waals surface area contributed by atoms with E-state index in [1.54, 1.807) is 0 Å². The Hall–Kier alpha value is -2.62. The molecule has 0 spiro atoms. The first-order chi connectivity index (χ1) is 18.6. The van der Waals surface area contributed by atoms with Gasteiger partial charge < -0.3 is 21.1 Å². The van der Waals surface area contributed by atoms with Crippen molar-refractivity contribution in [3.05, 3.63) is 47.5 Å². The molecule has 2 aromatic carbocycles. The van der Waals surface area contributed by atoms with E-state index in [0.717, 1.165) is 25.9 Å². The van der Waals surface area contributed by atoms with E-state index in [1.807, 2.05) is 0 Å². The second-order valence-electron chi connectivity index (χ2n) is 10.8. The van der Waals surface area contributed by atoms with Gasteiger partial charge in [0.2, 0.25) is 11.8 Å². The lowest BCUT2D eigenvalue weighted by molar-refractivity contribution is -0.140. The number of benzene rings is 2. The first-order valence-electron chi connectivity index (χ1n) is 13.9. The van der Waals surface area contributed by atoms with E-state index in [1.165, 1.54) is 29.0 Å². The van der Waals surface area contributed by atoms with Crippen molar-refractivity contribution in [1.82, 2.24) is 15.5 Å². The van der Waals surface area contributed by atoms with Crippen LogP contribution in [0.25, 0.3) is 10.8 Å². The lowest BCUT2D eigenvalue weighted by atomic mass is 9.82. The normalized spacial score (nSPS) is 17.0. The second-order valence-corrected chi connectivity index (χ2v) is 11.6. The van der Waals surface area contributed by atoms with Gasteiger partial charge in [-0.05, 0) is 66.6 Å². The molecule has 2 amide bonds. The molecule has 1 saturated heterocycles. The van der Waals surface area contributed by atoms with Crippen molar-refractivity contribution in [3.63, 3.8) is 0 Å². The van der Waals surface area contributed by atoms with Gasteiger partial charge in [-0.1, -0.05) is 50.2 Å². The van der Waals surface area contributed by atoms with Gasteiger partial charge in [-0.3, -0.25) is 19.3 Å². The van der Waals surface area contributed by atoms with Crippen molar-refractivity contribution in [2.45, 2.75) is 57.2 Å². The van der Waals surface area contributed by atoms with E-state index in [9.17, 15) is 14.4 Å². The summed E-state index contributed by atoms with van der Waals surface area (Å²) in [5.74, 6) is -0.595.